The van der Waals surface area contributed by atoms with E-state index in [-0.39, 0.29) is 42.8 Å². The minimum atomic E-state index is -0.665. The number of hydrogen-bond donors (Lipinski definition) is 0. The Morgan fingerprint density at radius 1 is 0.959 bits per heavy atom. The molecule has 0 radical (unpaired) electrons. The molecular weight excluding hydrogens is 623 g/mol. The van der Waals surface area contributed by atoms with Crippen LogP contribution in [0.25, 0.3) is 0 Å². The highest BCUT2D eigenvalue weighted by molar-refractivity contribution is 6.45. The number of ether oxygens (including phenoxy) is 3. The lowest BCUT2D eigenvalue weighted by Gasteiger charge is -2.64. The number of rotatable bonds is 8. The van der Waals surface area contributed by atoms with Crippen molar-refractivity contribution < 1.29 is 37.9 Å². The van der Waals surface area contributed by atoms with E-state index in [1.54, 1.807) is 9.80 Å². The number of aryl methyl sites for hydroxylation is 1. The van der Waals surface area contributed by atoms with Crippen LogP contribution >= 0.6 is 0 Å². The zero-order valence-electron chi connectivity index (χ0n) is 31.4. The summed E-state index contributed by atoms with van der Waals surface area (Å²) in [5.41, 5.74) is 1.14. The van der Waals surface area contributed by atoms with Gasteiger partial charge in [0.05, 0.1) is 24.8 Å². The van der Waals surface area contributed by atoms with Crippen LogP contribution in [0.2, 0.25) is 6.32 Å². The molecule has 2 bridgehead atoms. The van der Waals surface area contributed by atoms with Crippen LogP contribution in [0.5, 0.6) is 5.75 Å². The molecule has 270 valence electrons. The van der Waals surface area contributed by atoms with Gasteiger partial charge in [-0.3, -0.25) is 4.79 Å². The molecule has 7 rings (SSSR count). The summed E-state index contributed by atoms with van der Waals surface area (Å²) in [6.45, 7) is 22.1. The summed E-state index contributed by atoms with van der Waals surface area (Å²) in [7, 11) is -0.270. The average Bonchev–Trinajstić information content (AvgIpc) is 3.55. The molecule has 3 aliphatic carbocycles. The standard InChI is InChI=1S/C38H57BN2O8/c1-23-25(13-15-39-48-30-19-26-18-29(37(26,8)9)38(30,10)49-39)11-12-28(32(23)33(43)46-35(2,3)4)45-27-21-41(22-27)31(42)17-24-14-16-40(20-24)34(44)47-36(5,6)7/h11-12,24,26-27,29-30H,13-22H2,1-10H3/t24-,26-,29-,30+,38-/m0/s1. The first-order valence-electron chi connectivity index (χ1n) is 18.3. The number of carbonyl (C=O) groups is 3. The van der Waals surface area contributed by atoms with Crippen LogP contribution in [-0.4, -0.2) is 90.1 Å². The Kier molecular flexibility index (Phi) is 9.38. The number of amides is 2. The van der Waals surface area contributed by atoms with Gasteiger partial charge >= 0.3 is 19.2 Å². The monoisotopic (exact) mass is 680 g/mol. The third-order valence-electron chi connectivity index (χ3n) is 11.7. The lowest BCUT2D eigenvalue weighted by Crippen LogP contribution is -2.65. The van der Waals surface area contributed by atoms with Crippen LogP contribution in [0.4, 0.5) is 4.79 Å². The molecule has 3 aliphatic heterocycles. The first-order chi connectivity index (χ1) is 22.7. The largest absolute Gasteiger partial charge is 0.486 e. The minimum Gasteiger partial charge on any atom is -0.486 e. The molecule has 5 atom stereocenters. The van der Waals surface area contributed by atoms with Crippen molar-refractivity contribution in [3.63, 3.8) is 0 Å². The highest BCUT2D eigenvalue weighted by Gasteiger charge is 2.67. The van der Waals surface area contributed by atoms with Crippen molar-refractivity contribution in [2.75, 3.05) is 26.2 Å². The molecule has 6 aliphatic rings. The fourth-order valence-corrected chi connectivity index (χ4v) is 8.79. The normalized spacial score (nSPS) is 29.2. The minimum absolute atomic E-state index is 0.0561. The van der Waals surface area contributed by atoms with Gasteiger partial charge in [-0.15, -0.1) is 0 Å². The molecule has 0 unspecified atom stereocenters. The van der Waals surface area contributed by atoms with Crippen LogP contribution in [0.3, 0.4) is 0 Å². The number of benzene rings is 1. The van der Waals surface area contributed by atoms with E-state index >= 15 is 0 Å². The van der Waals surface area contributed by atoms with Gasteiger partial charge in [0, 0.05) is 19.5 Å². The van der Waals surface area contributed by atoms with Gasteiger partial charge in [0.25, 0.3) is 0 Å². The Balaban J connectivity index is 1.05. The maximum absolute atomic E-state index is 13.6. The fourth-order valence-electron chi connectivity index (χ4n) is 8.79. The summed E-state index contributed by atoms with van der Waals surface area (Å²) in [6, 6.07) is 3.89. The molecule has 6 fully saturated rings. The van der Waals surface area contributed by atoms with Crippen LogP contribution in [0.15, 0.2) is 12.1 Å². The van der Waals surface area contributed by atoms with Gasteiger partial charge in [-0.2, -0.15) is 0 Å². The predicted octanol–water partition coefficient (Wildman–Crippen LogP) is 6.46. The Hall–Kier alpha value is -2.79. The summed E-state index contributed by atoms with van der Waals surface area (Å²) >= 11 is 0. The number of carbonyl (C=O) groups excluding carboxylic acids is 3. The van der Waals surface area contributed by atoms with E-state index in [0.717, 1.165) is 24.0 Å². The van der Waals surface area contributed by atoms with E-state index in [0.29, 0.717) is 73.9 Å². The summed E-state index contributed by atoms with van der Waals surface area (Å²) in [5.74, 6) is 1.44. The highest BCUT2D eigenvalue weighted by Crippen LogP contribution is 2.65. The summed E-state index contributed by atoms with van der Waals surface area (Å²) in [5, 5.41) is 0. The summed E-state index contributed by atoms with van der Waals surface area (Å²) < 4.78 is 30.8. The second kappa shape index (κ2) is 12.8. The fraction of sp³-hybridized carbons (Fsp3) is 0.763. The van der Waals surface area contributed by atoms with E-state index in [2.05, 4.69) is 20.8 Å². The maximum atomic E-state index is 13.6. The van der Waals surface area contributed by atoms with Crippen molar-refractivity contribution in [2.24, 2.45) is 23.2 Å². The topological polar surface area (TPSA) is 104 Å². The van der Waals surface area contributed by atoms with E-state index in [1.165, 1.54) is 6.42 Å². The molecule has 0 aromatic heterocycles. The van der Waals surface area contributed by atoms with Gasteiger partial charge in [-0.05, 0) is 128 Å². The Labute approximate surface area is 293 Å². The van der Waals surface area contributed by atoms with Gasteiger partial charge in [0.2, 0.25) is 5.91 Å². The lowest BCUT2D eigenvalue weighted by molar-refractivity contribution is -0.199. The van der Waals surface area contributed by atoms with Gasteiger partial charge < -0.3 is 33.3 Å². The number of hydrogen-bond acceptors (Lipinski definition) is 8. The quantitative estimate of drug-likeness (QED) is 0.228. The lowest BCUT2D eigenvalue weighted by atomic mass is 9.43. The molecule has 1 aromatic rings. The second-order valence-electron chi connectivity index (χ2n) is 18.0. The summed E-state index contributed by atoms with van der Waals surface area (Å²) in [4.78, 5) is 42.6. The number of likely N-dealkylation sites (tertiary alicyclic amines) is 2. The summed E-state index contributed by atoms with van der Waals surface area (Å²) in [6.07, 6.45) is 4.44. The van der Waals surface area contributed by atoms with Crippen molar-refractivity contribution >= 4 is 25.1 Å². The SMILES string of the molecule is Cc1c(CCB2O[C@@H]3C[C@@H]4C[C@@H](C4(C)C)[C@]3(C)O2)ccc(OC2CN(C(=O)C[C@@H]3CCN(C(=O)OC(C)(C)C)C3)C2)c1C(=O)OC(C)(C)C. The molecule has 1 aromatic carbocycles. The number of nitrogens with zero attached hydrogens (tertiary/aromatic N) is 2. The molecule has 0 spiro atoms. The molecule has 11 heteroatoms. The van der Waals surface area contributed by atoms with Gasteiger partial charge in [-0.25, -0.2) is 9.59 Å². The van der Waals surface area contributed by atoms with Crippen molar-refractivity contribution in [2.45, 2.75) is 137 Å². The smallest absolute Gasteiger partial charge is 0.457 e. The van der Waals surface area contributed by atoms with Crippen molar-refractivity contribution in [3.05, 3.63) is 28.8 Å². The molecule has 10 nitrogen and oxygen atoms in total. The van der Waals surface area contributed by atoms with Crippen LogP contribution in [0, 0.1) is 30.1 Å². The van der Waals surface area contributed by atoms with Gasteiger partial charge in [-0.1, -0.05) is 19.9 Å². The molecule has 49 heavy (non-hydrogen) atoms. The molecule has 3 saturated heterocycles. The van der Waals surface area contributed by atoms with Crippen LogP contribution < -0.4 is 4.74 Å². The van der Waals surface area contributed by atoms with E-state index in [4.69, 9.17) is 23.5 Å². The van der Waals surface area contributed by atoms with Crippen LogP contribution in [0.1, 0.15) is 109 Å². The molecule has 3 heterocycles. The molecule has 3 saturated carbocycles. The van der Waals surface area contributed by atoms with Crippen LogP contribution in [-0.2, 0) is 30.0 Å². The zero-order chi connectivity index (χ0) is 35.7. The van der Waals surface area contributed by atoms with Gasteiger partial charge in [0.1, 0.15) is 28.6 Å². The maximum Gasteiger partial charge on any atom is 0.457 e. The molecule has 2 amide bonds. The first kappa shape index (κ1) is 36.0. The third-order valence-corrected chi connectivity index (χ3v) is 11.7. The molecular formula is C38H57BN2O8. The molecule has 0 N–H and O–H groups in total. The first-order valence-corrected chi connectivity index (χ1v) is 18.3. The van der Waals surface area contributed by atoms with Crippen molar-refractivity contribution in [3.8, 4) is 5.75 Å². The predicted molar refractivity (Wildman–Crippen MR) is 186 cm³/mol. The van der Waals surface area contributed by atoms with Crippen molar-refractivity contribution in [1.82, 2.24) is 9.80 Å². The Morgan fingerprint density at radius 2 is 1.65 bits per heavy atom. The third kappa shape index (κ3) is 7.35. The van der Waals surface area contributed by atoms with Gasteiger partial charge in [0.15, 0.2) is 0 Å². The Bertz CT molecular complexity index is 1460. The van der Waals surface area contributed by atoms with E-state index in [1.807, 2.05) is 60.6 Å². The highest BCUT2D eigenvalue weighted by atomic mass is 16.7. The average molecular weight is 681 g/mol. The zero-order valence-corrected chi connectivity index (χ0v) is 31.4. The second-order valence-corrected chi connectivity index (χ2v) is 18.0. The Morgan fingerprint density at radius 3 is 2.31 bits per heavy atom. The van der Waals surface area contributed by atoms with Crippen molar-refractivity contribution in [1.29, 1.82) is 0 Å². The van der Waals surface area contributed by atoms with E-state index < -0.39 is 17.2 Å². The number of esters is 1. The van der Waals surface area contributed by atoms with E-state index in [9.17, 15) is 14.4 Å².